The van der Waals surface area contributed by atoms with Gasteiger partial charge in [-0.25, -0.2) is 0 Å². The Bertz CT molecular complexity index is 1780. The van der Waals surface area contributed by atoms with E-state index in [2.05, 4.69) is 108 Å². The van der Waals surface area contributed by atoms with Crippen LogP contribution in [0.15, 0.2) is 69.9 Å². The van der Waals surface area contributed by atoms with Gasteiger partial charge in [0.05, 0.1) is 11.1 Å². The molecule has 0 spiro atoms. The van der Waals surface area contributed by atoms with E-state index < -0.39 is 11.4 Å². The van der Waals surface area contributed by atoms with Crippen LogP contribution in [-0.2, 0) is 4.79 Å². The van der Waals surface area contributed by atoms with E-state index in [1.807, 2.05) is 0 Å². The van der Waals surface area contributed by atoms with Crippen molar-refractivity contribution in [2.75, 3.05) is 0 Å². The van der Waals surface area contributed by atoms with Crippen molar-refractivity contribution in [3.8, 4) is 0 Å². The van der Waals surface area contributed by atoms with Gasteiger partial charge >= 0.3 is 5.97 Å². The Morgan fingerprint density at radius 2 is 1.65 bits per heavy atom. The third-order valence-corrected chi connectivity index (χ3v) is 15.5. The second kappa shape index (κ2) is 11.1. The van der Waals surface area contributed by atoms with Crippen LogP contribution in [0.3, 0.4) is 0 Å². The van der Waals surface area contributed by atoms with Crippen molar-refractivity contribution >= 4 is 34.5 Å². The highest BCUT2D eigenvalue weighted by Gasteiger charge is 2.69. The number of carboxylic acid groups (broad SMARTS) is 1. The molecule has 3 unspecified atom stereocenters. The molecule has 6 heteroatoms. The quantitative estimate of drug-likeness (QED) is 0.133. The lowest BCUT2D eigenvalue weighted by molar-refractivity contribution is -0.179. The van der Waals surface area contributed by atoms with Gasteiger partial charge in [0.15, 0.2) is 0 Å². The van der Waals surface area contributed by atoms with E-state index in [0.29, 0.717) is 23.7 Å². The molecule has 0 heterocycles. The van der Waals surface area contributed by atoms with Crippen LogP contribution in [0.1, 0.15) is 105 Å². The average Bonchev–Trinajstić information content (AvgIpc) is 3.02. The Kier molecular flexibility index (Phi) is 7.62. The minimum atomic E-state index is -0.626. The lowest BCUT2D eigenvalue weighted by atomic mass is 9.33. The van der Waals surface area contributed by atoms with Gasteiger partial charge in [-0.1, -0.05) is 103 Å². The maximum Gasteiger partial charge on any atom is 0.310 e. The summed E-state index contributed by atoms with van der Waals surface area (Å²) in [6.45, 7) is 17.1. The Balaban J connectivity index is 1.37. The zero-order chi connectivity index (χ0) is 34.4. The number of rotatable bonds is 3. The topological polar surface area (TPSA) is 114 Å². The van der Waals surface area contributed by atoms with E-state index in [1.165, 1.54) is 27.5 Å². The lowest BCUT2D eigenvalue weighted by Gasteiger charge is -2.71. The molecule has 6 nitrogen and oxygen atoms in total. The van der Waals surface area contributed by atoms with Crippen molar-refractivity contribution in [2.24, 2.45) is 78.3 Å². The predicted molar refractivity (Wildman–Crippen MR) is 197 cm³/mol. The number of aliphatic carboxylic acids is 1. The van der Waals surface area contributed by atoms with Crippen LogP contribution < -0.4 is 11.5 Å². The summed E-state index contributed by atoms with van der Waals surface area (Å²) in [7, 11) is 0. The molecule has 9 atom stereocenters. The first kappa shape index (κ1) is 33.1. The SMILES string of the molecule is C[C@@H]1CC[C@]2(C(=O)O)CC[C@]3(C)C(=CCC4[C@@]5(C)CC(=C\c6cccc7ccccc67)/C(=N\N=C(N)N)C(C)(C)C5CC[C@]43C)C2[C@H]1C. The fourth-order valence-corrected chi connectivity index (χ4v) is 12.7. The van der Waals surface area contributed by atoms with E-state index in [-0.39, 0.29) is 33.5 Å². The van der Waals surface area contributed by atoms with E-state index in [0.717, 1.165) is 57.1 Å². The van der Waals surface area contributed by atoms with Crippen LogP contribution in [-0.4, -0.2) is 22.7 Å². The van der Waals surface area contributed by atoms with Crippen LogP contribution in [0.25, 0.3) is 16.8 Å². The molecule has 2 aromatic carbocycles. The van der Waals surface area contributed by atoms with E-state index in [9.17, 15) is 9.90 Å². The number of guanidine groups is 1. The molecule has 256 valence electrons. The fourth-order valence-electron chi connectivity index (χ4n) is 12.7. The number of carboxylic acids is 1. The molecule has 2 aromatic rings. The molecule has 0 aromatic heterocycles. The van der Waals surface area contributed by atoms with E-state index in [1.54, 1.807) is 0 Å². The summed E-state index contributed by atoms with van der Waals surface area (Å²) in [5.74, 6) is 1.27. The Morgan fingerprint density at radius 3 is 2.38 bits per heavy atom. The number of hydrogen-bond acceptors (Lipinski definition) is 3. The first-order valence-electron chi connectivity index (χ1n) is 18.4. The molecule has 7 rings (SSSR count). The van der Waals surface area contributed by atoms with Gasteiger partial charge in [-0.3, -0.25) is 4.79 Å². The molecule has 0 saturated heterocycles. The van der Waals surface area contributed by atoms with Gasteiger partial charge in [0.2, 0.25) is 5.96 Å². The smallest absolute Gasteiger partial charge is 0.310 e. The van der Waals surface area contributed by atoms with Crippen molar-refractivity contribution in [2.45, 2.75) is 99.8 Å². The molecule has 0 radical (unpaired) electrons. The lowest BCUT2D eigenvalue weighted by Crippen LogP contribution is -2.65. The maximum atomic E-state index is 13.1. The first-order chi connectivity index (χ1) is 22.6. The number of carbonyl (C=O) groups is 1. The molecule has 4 fully saturated rings. The largest absolute Gasteiger partial charge is 0.481 e. The van der Waals surface area contributed by atoms with Crippen molar-refractivity contribution in [1.29, 1.82) is 0 Å². The molecule has 5 aliphatic carbocycles. The normalized spacial score (nSPS) is 41.8. The van der Waals surface area contributed by atoms with Gasteiger partial charge in [-0.05, 0) is 125 Å². The summed E-state index contributed by atoms with van der Waals surface area (Å²) in [6, 6.07) is 15.1. The Morgan fingerprint density at radius 1 is 0.917 bits per heavy atom. The van der Waals surface area contributed by atoms with Gasteiger partial charge in [0.25, 0.3) is 0 Å². The van der Waals surface area contributed by atoms with Gasteiger partial charge in [0, 0.05) is 5.41 Å². The van der Waals surface area contributed by atoms with Crippen molar-refractivity contribution < 1.29 is 9.90 Å². The highest BCUT2D eigenvalue weighted by atomic mass is 16.4. The number of allylic oxidation sites excluding steroid dienone is 3. The van der Waals surface area contributed by atoms with Crippen LogP contribution in [0.5, 0.6) is 0 Å². The van der Waals surface area contributed by atoms with Crippen molar-refractivity contribution in [3.63, 3.8) is 0 Å². The Labute approximate surface area is 287 Å². The molecular weight excluding hydrogens is 592 g/mol. The molecular formula is C42H56N4O2. The second-order valence-corrected chi connectivity index (χ2v) is 17.7. The molecule has 0 bridgehead atoms. The molecule has 4 saturated carbocycles. The van der Waals surface area contributed by atoms with Crippen LogP contribution in [0, 0.1) is 56.7 Å². The van der Waals surface area contributed by atoms with Crippen LogP contribution in [0.2, 0.25) is 0 Å². The fraction of sp³-hybridized carbons (Fsp3) is 0.595. The second-order valence-electron chi connectivity index (χ2n) is 17.7. The molecule has 5 N–H and O–H groups in total. The third kappa shape index (κ3) is 4.46. The van der Waals surface area contributed by atoms with Gasteiger partial charge in [-0.15, -0.1) is 5.10 Å². The van der Waals surface area contributed by atoms with E-state index in [4.69, 9.17) is 16.6 Å². The summed E-state index contributed by atoms with van der Waals surface area (Å²) >= 11 is 0. The van der Waals surface area contributed by atoms with Gasteiger partial charge in [-0.2, -0.15) is 5.10 Å². The number of benzene rings is 2. The molecule has 48 heavy (non-hydrogen) atoms. The van der Waals surface area contributed by atoms with Crippen LogP contribution >= 0.6 is 0 Å². The summed E-state index contributed by atoms with van der Waals surface area (Å²) in [5, 5.41) is 22.3. The summed E-state index contributed by atoms with van der Waals surface area (Å²) < 4.78 is 0. The number of nitrogens with two attached hydrogens (primary N) is 2. The predicted octanol–water partition coefficient (Wildman–Crippen LogP) is 9.20. The van der Waals surface area contributed by atoms with E-state index >= 15 is 0 Å². The summed E-state index contributed by atoms with van der Waals surface area (Å²) in [4.78, 5) is 13.1. The number of fused-ring (bicyclic) bond motifs is 8. The van der Waals surface area contributed by atoms with Crippen molar-refractivity contribution in [3.05, 3.63) is 65.3 Å². The number of hydrogen-bond donors (Lipinski definition) is 3. The third-order valence-electron chi connectivity index (χ3n) is 15.5. The average molecular weight is 649 g/mol. The molecule has 0 aliphatic heterocycles. The summed E-state index contributed by atoms with van der Waals surface area (Å²) in [5.41, 5.74) is 15.7. The van der Waals surface area contributed by atoms with Gasteiger partial charge < -0.3 is 16.6 Å². The molecule has 0 amide bonds. The zero-order valence-corrected chi connectivity index (χ0v) is 30.1. The standard InChI is InChI=1S/C42H56N4O2/c1-25-17-20-42(36(47)48)22-21-40(6)31(34(42)26(25)2)15-16-33-39(5)24-29(23-28-13-10-12-27-11-8-9-14-30(27)28)35(45-46-37(43)44)38(3,4)32(39)18-19-41(33,40)7/h8-15,23,25-26,32-34H,16-22,24H2,1-7H3,(H,47,48)(H4,43,44,46)/b29-23+,45-35+/t25-,26+,32?,33?,34?,39+,40-,41-,42+/m1/s1. The highest BCUT2D eigenvalue weighted by Crippen LogP contribution is 2.76. The monoisotopic (exact) mass is 648 g/mol. The number of nitrogens with zero attached hydrogens (tertiary/aromatic N) is 2. The first-order valence-corrected chi connectivity index (χ1v) is 18.4. The minimum absolute atomic E-state index is 0.00174. The van der Waals surface area contributed by atoms with Crippen molar-refractivity contribution in [1.82, 2.24) is 0 Å². The minimum Gasteiger partial charge on any atom is -0.481 e. The summed E-state index contributed by atoms with van der Waals surface area (Å²) in [6.07, 6.45) is 12.6. The molecule has 5 aliphatic rings. The van der Waals surface area contributed by atoms with Crippen LogP contribution in [0.4, 0.5) is 0 Å². The Hall–Kier alpha value is -3.41. The highest BCUT2D eigenvalue weighted by molar-refractivity contribution is 6.09. The zero-order valence-electron chi connectivity index (χ0n) is 30.1. The maximum absolute atomic E-state index is 13.1. The van der Waals surface area contributed by atoms with Gasteiger partial charge in [0.1, 0.15) is 0 Å².